The van der Waals surface area contributed by atoms with Gasteiger partial charge in [0.15, 0.2) is 0 Å². The third-order valence-corrected chi connectivity index (χ3v) is 4.45. The molecule has 3 N–H and O–H groups in total. The van der Waals surface area contributed by atoms with Crippen molar-refractivity contribution in [2.24, 2.45) is 11.7 Å². The lowest BCUT2D eigenvalue weighted by Gasteiger charge is -2.26. The van der Waals surface area contributed by atoms with Gasteiger partial charge in [0.05, 0.1) is 0 Å². The second kappa shape index (κ2) is 7.81. The monoisotopic (exact) mass is 310 g/mol. The van der Waals surface area contributed by atoms with Crippen LogP contribution < -0.4 is 11.1 Å². The Morgan fingerprint density at radius 2 is 1.95 bits per heavy atom. The zero-order chi connectivity index (χ0) is 14.6. The zero-order valence-corrected chi connectivity index (χ0v) is 13.8. The first-order valence-electron chi connectivity index (χ1n) is 7.57. The summed E-state index contributed by atoms with van der Waals surface area (Å²) < 4.78 is 0. The Balaban J connectivity index is 0.00000220. The van der Waals surface area contributed by atoms with Gasteiger partial charge in [-0.3, -0.25) is 4.79 Å². The molecule has 0 radical (unpaired) electrons. The predicted octanol–water partition coefficient (Wildman–Crippen LogP) is 3.02. The average molecular weight is 311 g/mol. The van der Waals surface area contributed by atoms with Crippen molar-refractivity contribution in [1.82, 2.24) is 5.32 Å². The molecule has 2 rings (SSSR count). The number of carbonyl (C=O) groups excluding carboxylic acids is 1. The molecule has 1 aliphatic carbocycles. The number of nitrogens with one attached hydrogen (secondary N) is 1. The second-order valence-corrected chi connectivity index (χ2v) is 6.59. The molecule has 1 aliphatic rings. The van der Waals surface area contributed by atoms with Crippen LogP contribution in [-0.2, 0) is 10.2 Å². The number of carbonyl (C=O) groups is 1. The molecule has 0 spiro atoms. The van der Waals surface area contributed by atoms with Crippen LogP contribution in [0.2, 0.25) is 0 Å². The number of benzene rings is 1. The Labute approximate surface area is 134 Å². The van der Waals surface area contributed by atoms with Crippen LogP contribution in [0.25, 0.3) is 0 Å². The Kier molecular flexibility index (Phi) is 6.69. The van der Waals surface area contributed by atoms with Gasteiger partial charge in [-0.2, -0.15) is 0 Å². The maximum atomic E-state index is 12.1. The second-order valence-electron chi connectivity index (χ2n) is 6.59. The maximum absolute atomic E-state index is 12.1. The van der Waals surface area contributed by atoms with Gasteiger partial charge in [0.25, 0.3) is 0 Å². The molecular formula is C17H27ClN2O. The third kappa shape index (κ3) is 5.01. The van der Waals surface area contributed by atoms with Crippen molar-refractivity contribution in [3.63, 3.8) is 0 Å². The minimum absolute atomic E-state index is 0. The summed E-state index contributed by atoms with van der Waals surface area (Å²) in [6.07, 6.45) is 3.89. The summed E-state index contributed by atoms with van der Waals surface area (Å²) in [4.78, 5) is 12.1. The van der Waals surface area contributed by atoms with Crippen molar-refractivity contribution in [2.45, 2.75) is 51.0 Å². The van der Waals surface area contributed by atoms with Crippen molar-refractivity contribution < 1.29 is 4.79 Å². The Hall–Kier alpha value is -1.06. The summed E-state index contributed by atoms with van der Waals surface area (Å²) in [5.41, 5.74) is 7.22. The van der Waals surface area contributed by atoms with Gasteiger partial charge in [-0.05, 0) is 24.3 Å². The standard InChI is InChI=1S/C17H26N2O.ClH/c1-17(2,14-8-4-3-5-9-14)12-19-16(20)11-13-7-6-10-15(13)18;/h3-5,8-9,13,15H,6-7,10-12,18H2,1-2H3,(H,19,20);1H/t13-,15+;/m0./s1. The highest BCUT2D eigenvalue weighted by Crippen LogP contribution is 2.27. The Morgan fingerprint density at radius 1 is 1.29 bits per heavy atom. The van der Waals surface area contributed by atoms with Crippen LogP contribution in [0.4, 0.5) is 0 Å². The SMILES string of the molecule is CC(C)(CNC(=O)C[C@@H]1CCC[C@H]1N)c1ccccc1.Cl. The molecule has 0 aromatic heterocycles. The van der Waals surface area contributed by atoms with E-state index in [4.69, 9.17) is 5.73 Å². The molecular weight excluding hydrogens is 284 g/mol. The molecule has 1 aromatic rings. The van der Waals surface area contributed by atoms with Crippen LogP contribution in [0.1, 0.15) is 45.1 Å². The third-order valence-electron chi connectivity index (χ3n) is 4.45. The van der Waals surface area contributed by atoms with E-state index in [1.165, 1.54) is 5.56 Å². The lowest BCUT2D eigenvalue weighted by molar-refractivity contribution is -0.122. The molecule has 118 valence electrons. The van der Waals surface area contributed by atoms with Crippen molar-refractivity contribution in [3.8, 4) is 0 Å². The van der Waals surface area contributed by atoms with Crippen LogP contribution in [-0.4, -0.2) is 18.5 Å². The highest BCUT2D eigenvalue weighted by atomic mass is 35.5. The van der Waals surface area contributed by atoms with Crippen LogP contribution in [0.5, 0.6) is 0 Å². The van der Waals surface area contributed by atoms with E-state index < -0.39 is 0 Å². The zero-order valence-electron chi connectivity index (χ0n) is 13.0. The number of hydrogen-bond donors (Lipinski definition) is 2. The smallest absolute Gasteiger partial charge is 0.220 e. The number of halogens is 1. The van der Waals surface area contributed by atoms with Gasteiger partial charge in [-0.1, -0.05) is 50.6 Å². The number of nitrogens with two attached hydrogens (primary N) is 1. The maximum Gasteiger partial charge on any atom is 0.220 e. The molecule has 0 unspecified atom stereocenters. The average Bonchev–Trinajstić information content (AvgIpc) is 2.83. The summed E-state index contributed by atoms with van der Waals surface area (Å²) in [7, 11) is 0. The highest BCUT2D eigenvalue weighted by Gasteiger charge is 2.27. The van der Waals surface area contributed by atoms with Gasteiger partial charge in [0.1, 0.15) is 0 Å². The molecule has 0 bridgehead atoms. The van der Waals surface area contributed by atoms with Gasteiger partial charge in [-0.15, -0.1) is 12.4 Å². The summed E-state index contributed by atoms with van der Waals surface area (Å²) in [6.45, 7) is 4.98. The lowest BCUT2D eigenvalue weighted by Crippen LogP contribution is -2.38. The van der Waals surface area contributed by atoms with Crippen LogP contribution >= 0.6 is 12.4 Å². The molecule has 4 heteroatoms. The van der Waals surface area contributed by atoms with E-state index in [1.54, 1.807) is 0 Å². The summed E-state index contributed by atoms with van der Waals surface area (Å²) in [6, 6.07) is 10.5. The quantitative estimate of drug-likeness (QED) is 0.878. The summed E-state index contributed by atoms with van der Waals surface area (Å²) in [5, 5.41) is 3.07. The molecule has 0 saturated heterocycles. The molecule has 0 heterocycles. The van der Waals surface area contributed by atoms with E-state index in [0.717, 1.165) is 19.3 Å². The minimum Gasteiger partial charge on any atom is -0.355 e. The van der Waals surface area contributed by atoms with E-state index in [9.17, 15) is 4.79 Å². The van der Waals surface area contributed by atoms with E-state index in [1.807, 2.05) is 18.2 Å². The fourth-order valence-electron chi connectivity index (χ4n) is 2.94. The summed E-state index contributed by atoms with van der Waals surface area (Å²) >= 11 is 0. The van der Waals surface area contributed by atoms with Crippen molar-refractivity contribution in [1.29, 1.82) is 0 Å². The van der Waals surface area contributed by atoms with Gasteiger partial charge in [0.2, 0.25) is 5.91 Å². The lowest BCUT2D eigenvalue weighted by atomic mass is 9.84. The molecule has 21 heavy (non-hydrogen) atoms. The fourth-order valence-corrected chi connectivity index (χ4v) is 2.94. The van der Waals surface area contributed by atoms with Crippen LogP contribution in [0, 0.1) is 5.92 Å². The van der Waals surface area contributed by atoms with Crippen molar-refractivity contribution >= 4 is 18.3 Å². The van der Waals surface area contributed by atoms with Gasteiger partial charge in [0, 0.05) is 24.4 Å². The molecule has 3 nitrogen and oxygen atoms in total. The summed E-state index contributed by atoms with van der Waals surface area (Å²) in [5.74, 6) is 0.506. The van der Waals surface area contributed by atoms with Crippen LogP contribution in [0.3, 0.4) is 0 Å². The van der Waals surface area contributed by atoms with E-state index in [-0.39, 0.29) is 29.8 Å². The number of amides is 1. The normalized spacial score (nSPS) is 21.7. The molecule has 0 aliphatic heterocycles. The Bertz CT molecular complexity index is 447. The molecule has 2 atom stereocenters. The molecule has 1 amide bonds. The largest absolute Gasteiger partial charge is 0.355 e. The van der Waals surface area contributed by atoms with E-state index in [0.29, 0.717) is 18.9 Å². The van der Waals surface area contributed by atoms with Crippen LogP contribution in [0.15, 0.2) is 30.3 Å². The molecule has 1 saturated carbocycles. The molecule has 1 fully saturated rings. The first kappa shape index (κ1) is 18.0. The minimum atomic E-state index is -0.0469. The van der Waals surface area contributed by atoms with Gasteiger partial charge < -0.3 is 11.1 Å². The predicted molar refractivity (Wildman–Crippen MR) is 89.7 cm³/mol. The van der Waals surface area contributed by atoms with Gasteiger partial charge in [-0.25, -0.2) is 0 Å². The fraction of sp³-hybridized carbons (Fsp3) is 0.588. The van der Waals surface area contributed by atoms with Crippen molar-refractivity contribution in [2.75, 3.05) is 6.54 Å². The molecule has 1 aromatic carbocycles. The number of hydrogen-bond acceptors (Lipinski definition) is 2. The number of rotatable bonds is 5. The Morgan fingerprint density at radius 3 is 2.52 bits per heavy atom. The van der Waals surface area contributed by atoms with Gasteiger partial charge >= 0.3 is 0 Å². The van der Waals surface area contributed by atoms with E-state index >= 15 is 0 Å². The van der Waals surface area contributed by atoms with E-state index in [2.05, 4.69) is 31.3 Å². The highest BCUT2D eigenvalue weighted by molar-refractivity contribution is 5.85. The topological polar surface area (TPSA) is 55.1 Å². The first-order chi connectivity index (χ1) is 9.49. The van der Waals surface area contributed by atoms with Crippen molar-refractivity contribution in [3.05, 3.63) is 35.9 Å². The first-order valence-corrected chi connectivity index (χ1v) is 7.57.